The number of imidazole rings is 1. The Labute approximate surface area is 106 Å². The van der Waals surface area contributed by atoms with E-state index >= 15 is 0 Å². The van der Waals surface area contributed by atoms with Gasteiger partial charge in [0.2, 0.25) is 0 Å². The minimum absolute atomic E-state index is 0.403. The molecule has 1 heterocycles. The second-order valence-electron chi connectivity index (χ2n) is 4.17. The highest BCUT2D eigenvalue weighted by molar-refractivity contribution is 6.30. The van der Waals surface area contributed by atoms with Crippen molar-refractivity contribution >= 4 is 11.6 Å². The van der Waals surface area contributed by atoms with Crippen LogP contribution in [0.4, 0.5) is 0 Å². The van der Waals surface area contributed by atoms with Crippen LogP contribution < -0.4 is 5.32 Å². The summed E-state index contributed by atoms with van der Waals surface area (Å²) in [5, 5.41) is 4.24. The van der Waals surface area contributed by atoms with E-state index in [1.165, 1.54) is 5.56 Å². The van der Waals surface area contributed by atoms with Crippen molar-refractivity contribution in [3.63, 3.8) is 0 Å². The zero-order chi connectivity index (χ0) is 12.1. The van der Waals surface area contributed by atoms with Gasteiger partial charge in [-0.25, -0.2) is 4.98 Å². The Balaban J connectivity index is 1.79. The van der Waals surface area contributed by atoms with Crippen molar-refractivity contribution in [2.24, 2.45) is 0 Å². The Hall–Kier alpha value is -1.32. The molecule has 2 aromatic rings. The third-order valence-electron chi connectivity index (χ3n) is 2.61. The van der Waals surface area contributed by atoms with Gasteiger partial charge in [-0.15, -0.1) is 0 Å². The Morgan fingerprint density at radius 2 is 2.12 bits per heavy atom. The molecule has 17 heavy (non-hydrogen) atoms. The molecule has 1 atom stereocenters. The van der Waals surface area contributed by atoms with Gasteiger partial charge in [-0.05, 0) is 24.6 Å². The molecular formula is C13H16ClN3. The van der Waals surface area contributed by atoms with Crippen molar-refractivity contribution in [3.8, 4) is 0 Å². The molecule has 0 aliphatic rings. The van der Waals surface area contributed by atoms with Crippen LogP contribution in [-0.4, -0.2) is 15.6 Å². The predicted molar refractivity (Wildman–Crippen MR) is 70.0 cm³/mol. The molecule has 3 nitrogen and oxygen atoms in total. The molecule has 0 radical (unpaired) electrons. The first kappa shape index (κ1) is 12.1. The van der Waals surface area contributed by atoms with Crippen molar-refractivity contribution in [2.75, 3.05) is 0 Å². The third-order valence-corrected chi connectivity index (χ3v) is 2.86. The zero-order valence-corrected chi connectivity index (χ0v) is 10.6. The lowest BCUT2D eigenvalue weighted by Gasteiger charge is -2.14. The van der Waals surface area contributed by atoms with Crippen LogP contribution in [0.3, 0.4) is 0 Å². The van der Waals surface area contributed by atoms with Gasteiger partial charge in [0.05, 0.1) is 6.33 Å². The summed E-state index contributed by atoms with van der Waals surface area (Å²) in [5.41, 5.74) is 1.24. The molecule has 0 aliphatic heterocycles. The van der Waals surface area contributed by atoms with E-state index in [1.807, 2.05) is 36.8 Å². The molecule has 0 bridgehead atoms. The molecule has 2 rings (SSSR count). The number of aromatic nitrogens is 2. The lowest BCUT2D eigenvalue weighted by Crippen LogP contribution is -2.29. The second-order valence-corrected chi connectivity index (χ2v) is 4.60. The maximum atomic E-state index is 5.84. The van der Waals surface area contributed by atoms with E-state index in [0.717, 1.165) is 18.1 Å². The van der Waals surface area contributed by atoms with E-state index in [9.17, 15) is 0 Å². The smallest absolute Gasteiger partial charge is 0.0946 e. The Kier molecular flexibility index (Phi) is 4.18. The van der Waals surface area contributed by atoms with Gasteiger partial charge in [0.15, 0.2) is 0 Å². The standard InChI is InChI=1S/C13H16ClN3/c1-11(9-17-7-6-15-10-17)16-8-12-2-4-13(14)5-3-12/h2-7,10-11,16H,8-9H2,1H3. The van der Waals surface area contributed by atoms with Crippen molar-refractivity contribution < 1.29 is 0 Å². The zero-order valence-electron chi connectivity index (χ0n) is 9.81. The van der Waals surface area contributed by atoms with Crippen molar-refractivity contribution in [1.82, 2.24) is 14.9 Å². The largest absolute Gasteiger partial charge is 0.336 e. The average molecular weight is 250 g/mol. The first-order valence-corrected chi connectivity index (χ1v) is 6.05. The minimum Gasteiger partial charge on any atom is -0.336 e. The van der Waals surface area contributed by atoms with Gasteiger partial charge >= 0.3 is 0 Å². The number of nitrogens with zero attached hydrogens (tertiary/aromatic N) is 2. The summed E-state index contributed by atoms with van der Waals surface area (Å²) in [6, 6.07) is 8.32. The van der Waals surface area contributed by atoms with Crippen molar-refractivity contribution in [1.29, 1.82) is 0 Å². The lowest BCUT2D eigenvalue weighted by atomic mass is 10.2. The summed E-state index contributed by atoms with van der Waals surface area (Å²) < 4.78 is 2.07. The van der Waals surface area contributed by atoms with Gasteiger partial charge in [-0.1, -0.05) is 23.7 Å². The quantitative estimate of drug-likeness (QED) is 0.883. The summed E-state index contributed by atoms with van der Waals surface area (Å²) >= 11 is 5.84. The molecule has 1 unspecified atom stereocenters. The molecule has 4 heteroatoms. The van der Waals surface area contributed by atoms with Gasteiger partial charge in [0.25, 0.3) is 0 Å². The lowest BCUT2D eigenvalue weighted by molar-refractivity contribution is 0.476. The highest BCUT2D eigenvalue weighted by Crippen LogP contribution is 2.09. The van der Waals surface area contributed by atoms with E-state index in [-0.39, 0.29) is 0 Å². The number of hydrogen-bond donors (Lipinski definition) is 1. The molecule has 0 saturated carbocycles. The van der Waals surface area contributed by atoms with E-state index in [4.69, 9.17) is 11.6 Å². The molecule has 0 spiro atoms. The fourth-order valence-corrected chi connectivity index (χ4v) is 1.80. The highest BCUT2D eigenvalue weighted by Gasteiger charge is 2.02. The van der Waals surface area contributed by atoms with Crippen LogP contribution in [0.25, 0.3) is 0 Å². The predicted octanol–water partition coefficient (Wildman–Crippen LogP) is 2.71. The Morgan fingerprint density at radius 1 is 1.35 bits per heavy atom. The van der Waals surface area contributed by atoms with Crippen molar-refractivity contribution in [3.05, 3.63) is 53.6 Å². The summed E-state index contributed by atoms with van der Waals surface area (Å²) in [4.78, 5) is 4.02. The monoisotopic (exact) mass is 249 g/mol. The molecule has 1 N–H and O–H groups in total. The van der Waals surface area contributed by atoms with Gasteiger partial charge in [0.1, 0.15) is 0 Å². The van der Waals surface area contributed by atoms with Crippen LogP contribution in [-0.2, 0) is 13.1 Å². The topological polar surface area (TPSA) is 29.9 Å². The van der Waals surface area contributed by atoms with Gasteiger partial charge in [-0.2, -0.15) is 0 Å². The summed E-state index contributed by atoms with van der Waals surface area (Å²) in [5.74, 6) is 0. The average Bonchev–Trinajstić information content (AvgIpc) is 2.81. The molecule has 0 aliphatic carbocycles. The molecule has 1 aromatic carbocycles. The molecule has 0 fully saturated rings. The van der Waals surface area contributed by atoms with Crippen molar-refractivity contribution in [2.45, 2.75) is 26.1 Å². The number of nitrogens with one attached hydrogen (secondary N) is 1. The van der Waals surface area contributed by atoms with Gasteiger partial charge < -0.3 is 9.88 Å². The minimum atomic E-state index is 0.403. The second kappa shape index (κ2) is 5.84. The Bertz CT molecular complexity index is 436. The van der Waals surface area contributed by atoms with Crippen LogP contribution in [0.5, 0.6) is 0 Å². The molecule has 0 saturated heterocycles. The number of halogens is 1. The van der Waals surface area contributed by atoms with Crippen LogP contribution in [0.2, 0.25) is 5.02 Å². The summed E-state index contributed by atoms with van der Waals surface area (Å²) in [6.45, 7) is 3.94. The van der Waals surface area contributed by atoms with E-state index in [1.54, 1.807) is 6.20 Å². The van der Waals surface area contributed by atoms with Crippen LogP contribution in [0.15, 0.2) is 43.0 Å². The summed E-state index contributed by atoms with van der Waals surface area (Å²) in [6.07, 6.45) is 5.60. The maximum Gasteiger partial charge on any atom is 0.0946 e. The third kappa shape index (κ3) is 3.88. The molecule has 90 valence electrons. The van der Waals surface area contributed by atoms with Crippen LogP contribution in [0.1, 0.15) is 12.5 Å². The number of hydrogen-bond acceptors (Lipinski definition) is 2. The first-order valence-electron chi connectivity index (χ1n) is 5.67. The maximum absolute atomic E-state index is 5.84. The highest BCUT2D eigenvalue weighted by atomic mass is 35.5. The number of benzene rings is 1. The van der Waals surface area contributed by atoms with Gasteiger partial charge in [-0.3, -0.25) is 0 Å². The van der Waals surface area contributed by atoms with Crippen LogP contribution >= 0.6 is 11.6 Å². The SMILES string of the molecule is CC(Cn1ccnc1)NCc1ccc(Cl)cc1. The van der Waals surface area contributed by atoms with Gasteiger partial charge in [0, 0.05) is 36.5 Å². The molecule has 0 amide bonds. The van der Waals surface area contributed by atoms with E-state index in [2.05, 4.69) is 21.8 Å². The first-order chi connectivity index (χ1) is 8.24. The fraction of sp³-hybridized carbons (Fsp3) is 0.308. The van der Waals surface area contributed by atoms with E-state index in [0.29, 0.717) is 6.04 Å². The van der Waals surface area contributed by atoms with Crippen LogP contribution in [0, 0.1) is 0 Å². The number of rotatable bonds is 5. The molecular weight excluding hydrogens is 234 g/mol. The summed E-state index contributed by atoms with van der Waals surface area (Å²) in [7, 11) is 0. The molecule has 1 aromatic heterocycles. The fourth-order valence-electron chi connectivity index (χ4n) is 1.67. The normalized spacial score (nSPS) is 12.6. The Morgan fingerprint density at radius 3 is 2.76 bits per heavy atom. The van der Waals surface area contributed by atoms with E-state index < -0.39 is 0 Å².